The van der Waals surface area contributed by atoms with Gasteiger partial charge in [-0.15, -0.1) is 5.10 Å². The van der Waals surface area contributed by atoms with Gasteiger partial charge >= 0.3 is 0 Å². The van der Waals surface area contributed by atoms with Crippen LogP contribution in [0.5, 0.6) is 0 Å². The van der Waals surface area contributed by atoms with Gasteiger partial charge in [0.2, 0.25) is 23.6 Å². The van der Waals surface area contributed by atoms with Crippen molar-refractivity contribution in [1.29, 1.82) is 0 Å². The van der Waals surface area contributed by atoms with Crippen LogP contribution in [0.25, 0.3) is 0 Å². The fourth-order valence-corrected chi connectivity index (χ4v) is 10.5. The zero-order chi connectivity index (χ0) is 63.1. The third kappa shape index (κ3) is 24.3. The third-order valence-corrected chi connectivity index (χ3v) is 15.5. The van der Waals surface area contributed by atoms with E-state index in [1.165, 1.54) is 18.2 Å². The van der Waals surface area contributed by atoms with Gasteiger partial charge in [0.15, 0.2) is 5.78 Å². The van der Waals surface area contributed by atoms with Crippen LogP contribution in [0.15, 0.2) is 96.0 Å². The fraction of sp³-hybridized carbons (Fsp3) is 0.581. The van der Waals surface area contributed by atoms with Crippen molar-refractivity contribution < 1.29 is 65.4 Å². The largest absolute Gasteiger partial charge is 0.382 e. The molecular formula is C62H91N9O14S. The topological polar surface area (TPSA) is 297 Å². The molecule has 0 spiro atoms. The number of amides is 5. The van der Waals surface area contributed by atoms with Crippen molar-refractivity contribution in [2.24, 2.45) is 11.8 Å². The van der Waals surface area contributed by atoms with Gasteiger partial charge in [-0.25, -0.2) is 4.68 Å². The molecular weight excluding hydrogens is 1130 g/mol. The first-order chi connectivity index (χ1) is 40.6. The molecule has 5 atom stereocenters. The molecule has 0 aliphatic carbocycles. The number of hydrogen-bond donors (Lipinski definition) is 6. The number of Topliss-reactive ketones (excluding diaryl/α,β-unsaturated/α-hetero) is 1. The Labute approximate surface area is 506 Å². The van der Waals surface area contributed by atoms with Crippen LogP contribution in [-0.4, -0.2) is 176 Å². The van der Waals surface area contributed by atoms with Crippen molar-refractivity contribution >= 4 is 45.4 Å². The molecule has 1 aliphatic rings. The SMILES string of the molecule is COCC(C)(C)OCCC(C)(C)OCCn1cc(CNC(=O)c2cccc(S(=O)(=O)OCC(C)(O)C(=O)[C@H](CC(C)C)NC(=O)[C@H](Cc3ccccc3)NC(=O)[C@H](CC(C)C)NC(=O)[C@H](CCc3ccccc3)NC(=O)CN3CCOCC3)c2)nn1. The molecule has 1 unspecified atom stereocenters. The third-order valence-electron chi connectivity index (χ3n) is 14.2. The second kappa shape index (κ2) is 33.6. The maximum absolute atomic E-state index is 14.5. The van der Waals surface area contributed by atoms with E-state index < -0.39 is 92.0 Å². The summed E-state index contributed by atoms with van der Waals surface area (Å²) < 4.78 is 56.9. The quantitative estimate of drug-likeness (QED) is 0.0347. The standard InChI is InChI=1S/C62H91N9O14S/c1-43(2)34-51(55(73)62(9,78)42-85-86(79,80)49-23-17-22-47(37-49)56(74)63-38-48-39-71(69-68-48)29-33-84-60(5,6)26-30-83-61(7,8)41-81-10)65-59(77)53(36-46-20-15-12-16-21-46)67-58(76)52(35-44(3)4)66-57(75)50(25-24-45-18-13-11-14-19-45)64-54(72)40-70-27-31-82-32-28-70/h11-23,37,39,43-44,50-53,78H,24-36,38,40-42H2,1-10H3,(H,63,74)(H,64,72)(H,65,77)(H,66,75)(H,67,76)/t50-,51-,52-,53-,62?/m0/s1. The van der Waals surface area contributed by atoms with Crippen molar-refractivity contribution in [1.82, 2.24) is 46.5 Å². The van der Waals surface area contributed by atoms with Gasteiger partial charge in [0.1, 0.15) is 36.0 Å². The Kier molecular flexibility index (Phi) is 27.4. The van der Waals surface area contributed by atoms with E-state index in [2.05, 4.69) is 36.9 Å². The van der Waals surface area contributed by atoms with Crippen LogP contribution in [0.2, 0.25) is 0 Å². The maximum atomic E-state index is 14.5. The molecule has 4 aromatic rings. The maximum Gasteiger partial charge on any atom is 0.297 e. The molecule has 3 aromatic carbocycles. The molecule has 6 N–H and O–H groups in total. The summed E-state index contributed by atoms with van der Waals surface area (Å²) in [6, 6.07) is 18.5. The lowest BCUT2D eigenvalue weighted by molar-refractivity contribution is -0.143. The highest BCUT2D eigenvalue weighted by atomic mass is 32.2. The number of aryl methyl sites for hydroxylation is 1. The molecule has 1 fully saturated rings. The molecule has 5 amide bonds. The van der Waals surface area contributed by atoms with Crippen LogP contribution in [-0.2, 0) is 83.2 Å². The minimum absolute atomic E-state index is 0.00129. The molecule has 0 saturated carbocycles. The zero-order valence-electron chi connectivity index (χ0n) is 51.6. The van der Waals surface area contributed by atoms with Crippen molar-refractivity contribution in [3.05, 3.63) is 114 Å². The Bertz CT molecular complexity index is 2920. The summed E-state index contributed by atoms with van der Waals surface area (Å²) in [5.74, 6) is -4.37. The van der Waals surface area contributed by atoms with E-state index in [9.17, 15) is 42.3 Å². The number of nitrogens with zero attached hydrogens (tertiary/aromatic N) is 4. The van der Waals surface area contributed by atoms with Crippen LogP contribution in [0.4, 0.5) is 0 Å². The van der Waals surface area contributed by atoms with Crippen LogP contribution in [0, 0.1) is 11.8 Å². The number of hydrogen-bond acceptors (Lipinski definition) is 17. The van der Waals surface area contributed by atoms with Crippen LogP contribution < -0.4 is 26.6 Å². The summed E-state index contributed by atoms with van der Waals surface area (Å²) in [6.07, 6.45) is 3.11. The molecule has 2 heterocycles. The number of benzene rings is 3. The number of ketones is 1. The molecule has 1 aliphatic heterocycles. The van der Waals surface area contributed by atoms with Crippen molar-refractivity contribution in [3.63, 3.8) is 0 Å². The lowest BCUT2D eigenvalue weighted by Gasteiger charge is -2.30. The van der Waals surface area contributed by atoms with E-state index in [0.29, 0.717) is 76.8 Å². The number of aliphatic hydroxyl groups is 1. The lowest BCUT2D eigenvalue weighted by atomic mass is 9.90. The predicted octanol–water partition coefficient (Wildman–Crippen LogP) is 4.10. The molecule has 474 valence electrons. The van der Waals surface area contributed by atoms with Gasteiger partial charge in [-0.1, -0.05) is 99.6 Å². The van der Waals surface area contributed by atoms with Crippen molar-refractivity contribution in [2.75, 3.05) is 66.4 Å². The summed E-state index contributed by atoms with van der Waals surface area (Å²) in [5.41, 5.74) is -1.37. The van der Waals surface area contributed by atoms with Crippen molar-refractivity contribution in [2.45, 2.75) is 160 Å². The molecule has 0 bridgehead atoms. The summed E-state index contributed by atoms with van der Waals surface area (Å²) in [6.45, 7) is 19.0. The van der Waals surface area contributed by atoms with Crippen LogP contribution in [0.1, 0.15) is 115 Å². The molecule has 23 nitrogen and oxygen atoms in total. The van der Waals surface area contributed by atoms with Gasteiger partial charge in [-0.05, 0) is 108 Å². The monoisotopic (exact) mass is 1220 g/mol. The highest BCUT2D eigenvalue weighted by molar-refractivity contribution is 7.86. The van der Waals surface area contributed by atoms with E-state index >= 15 is 0 Å². The Morgan fingerprint density at radius 2 is 1.30 bits per heavy atom. The van der Waals surface area contributed by atoms with E-state index in [0.717, 1.165) is 18.6 Å². The van der Waals surface area contributed by atoms with Crippen LogP contribution >= 0.6 is 0 Å². The summed E-state index contributed by atoms with van der Waals surface area (Å²) in [4.78, 5) is 85.9. The fourth-order valence-electron chi connectivity index (χ4n) is 9.46. The number of ether oxygens (including phenoxy) is 4. The first-order valence-corrected chi connectivity index (χ1v) is 30.8. The van der Waals surface area contributed by atoms with E-state index in [1.54, 1.807) is 62.2 Å². The van der Waals surface area contributed by atoms with Gasteiger partial charge in [-0.2, -0.15) is 8.42 Å². The number of methoxy groups -OCH3 is 1. The number of rotatable bonds is 37. The second-order valence-corrected chi connectivity index (χ2v) is 25.7. The zero-order valence-corrected chi connectivity index (χ0v) is 52.4. The normalized spacial score (nSPS) is 15.5. The van der Waals surface area contributed by atoms with Gasteiger partial charge < -0.3 is 50.6 Å². The summed E-state index contributed by atoms with van der Waals surface area (Å²) >= 11 is 0. The highest BCUT2D eigenvalue weighted by Gasteiger charge is 2.40. The average molecular weight is 1220 g/mol. The Balaban J connectivity index is 1.22. The number of aromatic nitrogens is 3. The number of carbonyl (C=O) groups is 6. The molecule has 5 rings (SSSR count). The molecule has 1 saturated heterocycles. The highest BCUT2D eigenvalue weighted by Crippen LogP contribution is 2.22. The molecule has 24 heteroatoms. The Morgan fingerprint density at radius 1 is 0.709 bits per heavy atom. The van der Waals surface area contributed by atoms with Gasteiger partial charge in [0, 0.05) is 32.2 Å². The van der Waals surface area contributed by atoms with E-state index in [4.69, 9.17) is 23.1 Å². The van der Waals surface area contributed by atoms with Gasteiger partial charge in [0.25, 0.3) is 16.0 Å². The first-order valence-electron chi connectivity index (χ1n) is 29.4. The Morgan fingerprint density at radius 3 is 1.95 bits per heavy atom. The predicted molar refractivity (Wildman–Crippen MR) is 322 cm³/mol. The number of nitrogens with one attached hydrogen (secondary N) is 5. The van der Waals surface area contributed by atoms with E-state index in [1.807, 2.05) is 76.8 Å². The van der Waals surface area contributed by atoms with E-state index in [-0.39, 0.29) is 62.1 Å². The molecule has 0 radical (unpaired) electrons. The molecule has 86 heavy (non-hydrogen) atoms. The second-order valence-electron chi connectivity index (χ2n) is 24.1. The average Bonchev–Trinajstić information content (AvgIpc) is 3.43. The summed E-state index contributed by atoms with van der Waals surface area (Å²) in [7, 11) is -3.08. The van der Waals surface area contributed by atoms with Gasteiger partial charge in [-0.3, -0.25) is 37.9 Å². The Hall–Kier alpha value is -6.51. The van der Waals surface area contributed by atoms with Crippen LogP contribution in [0.3, 0.4) is 0 Å². The minimum Gasteiger partial charge on any atom is -0.382 e. The summed E-state index contributed by atoms with van der Waals surface area (Å²) in [5, 5.41) is 33.9. The minimum atomic E-state index is -4.71. The van der Waals surface area contributed by atoms with Crippen molar-refractivity contribution in [3.8, 4) is 0 Å². The number of morpholine rings is 1. The lowest BCUT2D eigenvalue weighted by Crippen LogP contribution is -2.60. The van der Waals surface area contributed by atoms with Gasteiger partial charge in [0.05, 0.1) is 81.0 Å². The smallest absolute Gasteiger partial charge is 0.297 e. The molecule has 1 aromatic heterocycles. The number of carbonyl (C=O) groups excluding carboxylic acids is 6. The first kappa shape index (κ1) is 70.3.